The predicted molar refractivity (Wildman–Crippen MR) is 71.2 cm³/mol. The van der Waals surface area contributed by atoms with Crippen molar-refractivity contribution in [3.8, 4) is 0 Å². The van der Waals surface area contributed by atoms with Crippen LogP contribution in [0.1, 0.15) is 32.6 Å². The van der Waals surface area contributed by atoms with Gasteiger partial charge < -0.3 is 15.8 Å². The predicted octanol–water partition coefficient (Wildman–Crippen LogP) is 1.32. The molecule has 0 bridgehead atoms. The number of hydrogen-bond acceptors (Lipinski definition) is 3. The smallest absolute Gasteiger partial charge is 0.248 e. The molecule has 102 valence electrons. The van der Waals surface area contributed by atoms with Crippen molar-refractivity contribution in [3.63, 3.8) is 0 Å². The number of nitrogens with one attached hydrogen (secondary N) is 1. The fraction of sp³-hybridized carbons (Fsp3) is 0.917. The molecule has 1 aliphatic rings. The minimum atomic E-state index is -0.347. The Morgan fingerprint density at radius 2 is 1.88 bits per heavy atom. The normalized spacial score (nSPS) is 25.8. The maximum atomic E-state index is 11.5. The van der Waals surface area contributed by atoms with Crippen LogP contribution in [0.25, 0.3) is 0 Å². The van der Waals surface area contributed by atoms with Crippen LogP contribution in [0.15, 0.2) is 0 Å². The van der Waals surface area contributed by atoms with Crippen molar-refractivity contribution in [2.45, 2.75) is 38.7 Å². The van der Waals surface area contributed by atoms with Gasteiger partial charge in [-0.05, 0) is 51.0 Å². The second kappa shape index (κ2) is 8.72. The topological polar surface area (TPSA) is 64.3 Å². The van der Waals surface area contributed by atoms with E-state index in [0.29, 0.717) is 11.8 Å². The van der Waals surface area contributed by atoms with Crippen LogP contribution in [-0.4, -0.2) is 32.2 Å². The van der Waals surface area contributed by atoms with Crippen LogP contribution in [0.3, 0.4) is 0 Å². The van der Waals surface area contributed by atoms with Crippen molar-refractivity contribution < 1.29 is 9.53 Å². The highest BCUT2D eigenvalue weighted by atomic mass is 35.5. The highest BCUT2D eigenvalue weighted by molar-refractivity contribution is 5.85. The minimum absolute atomic E-state index is 0. The van der Waals surface area contributed by atoms with E-state index >= 15 is 0 Å². The maximum absolute atomic E-state index is 11.5. The van der Waals surface area contributed by atoms with E-state index in [-0.39, 0.29) is 24.4 Å². The summed E-state index contributed by atoms with van der Waals surface area (Å²) in [6.07, 6.45) is 4.43. The van der Waals surface area contributed by atoms with Crippen LogP contribution in [-0.2, 0) is 9.53 Å². The largest absolute Gasteiger partial charge is 0.372 e. The molecular weight excluding hydrogens is 240 g/mol. The molecule has 0 aromatic carbocycles. The van der Waals surface area contributed by atoms with E-state index in [1.165, 1.54) is 25.7 Å². The van der Waals surface area contributed by atoms with Crippen molar-refractivity contribution >= 4 is 18.3 Å². The zero-order valence-corrected chi connectivity index (χ0v) is 11.6. The SMILES string of the molecule is COC(C)C(=O)NCC1CCC(CN)CC1.Cl. The highest BCUT2D eigenvalue weighted by Crippen LogP contribution is 2.27. The third-order valence-electron chi connectivity index (χ3n) is 3.59. The van der Waals surface area contributed by atoms with Crippen molar-refractivity contribution in [1.82, 2.24) is 5.32 Å². The molecule has 1 saturated carbocycles. The van der Waals surface area contributed by atoms with Gasteiger partial charge in [0.05, 0.1) is 0 Å². The number of methoxy groups -OCH3 is 1. The van der Waals surface area contributed by atoms with Gasteiger partial charge in [0.1, 0.15) is 6.10 Å². The molecule has 0 aromatic rings. The van der Waals surface area contributed by atoms with E-state index in [9.17, 15) is 4.79 Å². The minimum Gasteiger partial charge on any atom is -0.372 e. The molecular formula is C12H25ClN2O2. The fourth-order valence-electron chi connectivity index (χ4n) is 2.17. The summed E-state index contributed by atoms with van der Waals surface area (Å²) in [5.41, 5.74) is 5.64. The van der Waals surface area contributed by atoms with Gasteiger partial charge in [-0.1, -0.05) is 0 Å². The summed E-state index contributed by atoms with van der Waals surface area (Å²) in [7, 11) is 1.55. The Morgan fingerprint density at radius 3 is 2.35 bits per heavy atom. The van der Waals surface area contributed by atoms with Gasteiger partial charge in [0, 0.05) is 13.7 Å². The molecule has 0 spiro atoms. The number of amides is 1. The lowest BCUT2D eigenvalue weighted by Gasteiger charge is -2.27. The third-order valence-corrected chi connectivity index (χ3v) is 3.59. The maximum Gasteiger partial charge on any atom is 0.248 e. The number of rotatable bonds is 5. The lowest BCUT2D eigenvalue weighted by atomic mass is 9.82. The zero-order chi connectivity index (χ0) is 12.0. The molecule has 1 atom stereocenters. The highest BCUT2D eigenvalue weighted by Gasteiger charge is 2.21. The van der Waals surface area contributed by atoms with Gasteiger partial charge in [-0.2, -0.15) is 0 Å². The molecule has 5 heteroatoms. The summed E-state index contributed by atoms with van der Waals surface area (Å²) >= 11 is 0. The van der Waals surface area contributed by atoms with Crippen molar-refractivity contribution in [2.24, 2.45) is 17.6 Å². The molecule has 1 fully saturated rings. The van der Waals surface area contributed by atoms with Gasteiger partial charge >= 0.3 is 0 Å². The Balaban J connectivity index is 0.00000256. The molecule has 0 heterocycles. The number of ether oxygens (including phenoxy) is 1. The van der Waals surface area contributed by atoms with Gasteiger partial charge in [-0.15, -0.1) is 12.4 Å². The number of hydrogen-bond donors (Lipinski definition) is 2. The fourth-order valence-corrected chi connectivity index (χ4v) is 2.17. The van der Waals surface area contributed by atoms with Gasteiger partial charge in [-0.3, -0.25) is 4.79 Å². The zero-order valence-electron chi connectivity index (χ0n) is 10.8. The summed E-state index contributed by atoms with van der Waals surface area (Å²) in [6, 6.07) is 0. The van der Waals surface area contributed by atoms with Crippen LogP contribution in [0.5, 0.6) is 0 Å². The second-order valence-corrected chi connectivity index (χ2v) is 4.75. The molecule has 1 amide bonds. The van der Waals surface area contributed by atoms with Crippen LogP contribution < -0.4 is 11.1 Å². The lowest BCUT2D eigenvalue weighted by Crippen LogP contribution is -2.38. The van der Waals surface area contributed by atoms with E-state index < -0.39 is 0 Å². The first-order chi connectivity index (χ1) is 7.67. The number of carbonyl (C=O) groups excluding carboxylic acids is 1. The quantitative estimate of drug-likeness (QED) is 0.787. The first-order valence-electron chi connectivity index (χ1n) is 6.18. The lowest BCUT2D eigenvalue weighted by molar-refractivity contribution is -0.130. The van der Waals surface area contributed by atoms with Gasteiger partial charge in [-0.25, -0.2) is 0 Å². The average Bonchev–Trinajstić information content (AvgIpc) is 2.35. The molecule has 0 saturated heterocycles. The van der Waals surface area contributed by atoms with E-state index in [1.54, 1.807) is 14.0 Å². The van der Waals surface area contributed by atoms with Crippen LogP contribution in [0.4, 0.5) is 0 Å². The summed E-state index contributed by atoms with van der Waals surface area (Å²) in [4.78, 5) is 11.5. The van der Waals surface area contributed by atoms with Gasteiger partial charge in [0.25, 0.3) is 0 Å². The molecule has 1 rings (SSSR count). The molecule has 4 nitrogen and oxygen atoms in total. The molecule has 0 aromatic heterocycles. The summed E-state index contributed by atoms with van der Waals surface area (Å²) in [6.45, 7) is 3.35. The van der Waals surface area contributed by atoms with Crippen molar-refractivity contribution in [3.05, 3.63) is 0 Å². The van der Waals surface area contributed by atoms with Crippen molar-refractivity contribution in [2.75, 3.05) is 20.2 Å². The molecule has 3 N–H and O–H groups in total. The van der Waals surface area contributed by atoms with Crippen LogP contribution >= 0.6 is 12.4 Å². The van der Waals surface area contributed by atoms with E-state index in [0.717, 1.165) is 13.1 Å². The third kappa shape index (κ3) is 5.70. The number of nitrogens with two attached hydrogens (primary N) is 1. The van der Waals surface area contributed by atoms with Crippen LogP contribution in [0, 0.1) is 11.8 Å². The monoisotopic (exact) mass is 264 g/mol. The first-order valence-corrected chi connectivity index (χ1v) is 6.18. The molecule has 0 aliphatic heterocycles. The van der Waals surface area contributed by atoms with Gasteiger partial charge in [0.2, 0.25) is 5.91 Å². The van der Waals surface area contributed by atoms with E-state index in [2.05, 4.69) is 5.32 Å². The first kappa shape index (κ1) is 16.7. The molecule has 0 radical (unpaired) electrons. The standard InChI is InChI=1S/C12H24N2O2.ClH/c1-9(16-2)12(15)14-8-11-5-3-10(7-13)4-6-11;/h9-11H,3-8,13H2,1-2H3,(H,14,15);1H. The Morgan fingerprint density at radius 1 is 1.35 bits per heavy atom. The second-order valence-electron chi connectivity index (χ2n) is 4.75. The van der Waals surface area contributed by atoms with E-state index in [4.69, 9.17) is 10.5 Å². The summed E-state index contributed by atoms with van der Waals surface area (Å²) < 4.78 is 4.96. The van der Waals surface area contributed by atoms with Gasteiger partial charge in [0.15, 0.2) is 0 Å². The Bertz CT molecular complexity index is 219. The average molecular weight is 265 g/mol. The number of halogens is 1. The van der Waals surface area contributed by atoms with Crippen molar-refractivity contribution in [1.29, 1.82) is 0 Å². The van der Waals surface area contributed by atoms with Crippen LogP contribution in [0.2, 0.25) is 0 Å². The number of carbonyl (C=O) groups is 1. The van der Waals surface area contributed by atoms with E-state index in [1.807, 2.05) is 0 Å². The summed E-state index contributed by atoms with van der Waals surface area (Å²) in [5, 5.41) is 2.94. The summed E-state index contributed by atoms with van der Waals surface area (Å²) in [5.74, 6) is 1.31. The Labute approximate surface area is 110 Å². The molecule has 17 heavy (non-hydrogen) atoms. The molecule has 1 aliphatic carbocycles. The molecule has 1 unspecified atom stereocenters. The Hall–Kier alpha value is -0.320. The Kier molecular flexibility index (Phi) is 8.56.